The van der Waals surface area contributed by atoms with Crippen LogP contribution in [0.25, 0.3) is 10.8 Å². The highest BCUT2D eigenvalue weighted by molar-refractivity contribution is 7.13. The zero-order valence-electron chi connectivity index (χ0n) is 14.1. The molecule has 0 radical (unpaired) electrons. The Hall–Kier alpha value is -3.13. The van der Waals surface area contributed by atoms with Crippen LogP contribution >= 0.6 is 11.3 Å². The van der Waals surface area contributed by atoms with Gasteiger partial charge in [-0.25, -0.2) is 15.0 Å². The zero-order valence-corrected chi connectivity index (χ0v) is 14.9. The predicted molar refractivity (Wildman–Crippen MR) is 98.8 cm³/mol. The summed E-state index contributed by atoms with van der Waals surface area (Å²) < 4.78 is 0. The topological polar surface area (TPSA) is 96.9 Å². The summed E-state index contributed by atoms with van der Waals surface area (Å²) in [6, 6.07) is 8.83. The lowest BCUT2D eigenvalue weighted by Crippen LogP contribution is -2.24. The van der Waals surface area contributed by atoms with Crippen molar-refractivity contribution in [2.45, 2.75) is 13.5 Å². The molecule has 3 rings (SSSR count). The number of thiazole rings is 1. The molecule has 0 atom stereocenters. The van der Waals surface area contributed by atoms with Crippen molar-refractivity contribution in [2.75, 3.05) is 6.54 Å². The number of rotatable bonds is 6. The number of amides is 2. The van der Waals surface area contributed by atoms with Crippen LogP contribution in [0.1, 0.15) is 33.3 Å². The first kappa shape index (κ1) is 17.7. The average Bonchev–Trinajstić information content (AvgIpc) is 3.18. The first-order valence-corrected chi connectivity index (χ1v) is 8.93. The van der Waals surface area contributed by atoms with Crippen molar-refractivity contribution in [1.29, 1.82) is 0 Å². The summed E-state index contributed by atoms with van der Waals surface area (Å²) in [5, 5.41) is 7.84. The van der Waals surface area contributed by atoms with Crippen LogP contribution in [0.5, 0.6) is 0 Å². The minimum atomic E-state index is -0.267. The number of hydrogen-bond acceptors (Lipinski definition) is 6. The van der Waals surface area contributed by atoms with E-state index in [9.17, 15) is 9.59 Å². The van der Waals surface area contributed by atoms with Gasteiger partial charge in [-0.05, 0) is 30.7 Å². The van der Waals surface area contributed by atoms with Gasteiger partial charge in [0.1, 0.15) is 5.69 Å². The quantitative estimate of drug-likeness (QED) is 0.697. The molecule has 1 aromatic carbocycles. The van der Waals surface area contributed by atoms with Gasteiger partial charge in [0, 0.05) is 36.4 Å². The molecule has 2 N–H and O–H groups in total. The van der Waals surface area contributed by atoms with Crippen LogP contribution in [0.2, 0.25) is 0 Å². The smallest absolute Gasteiger partial charge is 0.271 e. The van der Waals surface area contributed by atoms with E-state index < -0.39 is 0 Å². The number of hydrogen-bond donors (Lipinski definition) is 2. The minimum Gasteiger partial charge on any atom is -0.352 e. The monoisotopic (exact) mass is 367 g/mol. The van der Waals surface area contributed by atoms with E-state index >= 15 is 0 Å². The number of benzene rings is 1. The van der Waals surface area contributed by atoms with Gasteiger partial charge in [0.2, 0.25) is 0 Å². The third kappa shape index (κ3) is 4.28. The summed E-state index contributed by atoms with van der Waals surface area (Å²) in [5.74, 6) is 0.120. The standard InChI is InChI=1S/C18H17N5O2S/c1-2-19-16(24)13-6-4-12(5-7-13)10-22-17(25)14-11-26-18(23-14)15-20-8-3-9-21-15/h3-9,11H,2,10H2,1H3,(H,19,24)(H,22,25). The summed E-state index contributed by atoms with van der Waals surface area (Å²) in [5.41, 5.74) is 1.82. The lowest BCUT2D eigenvalue weighted by molar-refractivity contribution is 0.0941. The normalized spacial score (nSPS) is 10.3. The molecular formula is C18H17N5O2S. The molecule has 0 saturated heterocycles. The van der Waals surface area contributed by atoms with Gasteiger partial charge >= 0.3 is 0 Å². The second kappa shape index (κ2) is 8.30. The van der Waals surface area contributed by atoms with Gasteiger partial charge in [-0.2, -0.15) is 0 Å². The summed E-state index contributed by atoms with van der Waals surface area (Å²) in [6.45, 7) is 2.80. The lowest BCUT2D eigenvalue weighted by atomic mass is 10.1. The molecule has 132 valence electrons. The zero-order chi connectivity index (χ0) is 18.4. The number of carbonyl (C=O) groups is 2. The molecule has 0 fully saturated rings. The molecule has 0 spiro atoms. The van der Waals surface area contributed by atoms with Crippen LogP contribution in [0.4, 0.5) is 0 Å². The third-order valence-electron chi connectivity index (χ3n) is 3.50. The number of carbonyl (C=O) groups excluding carboxylic acids is 2. The number of aromatic nitrogens is 3. The Balaban J connectivity index is 1.59. The molecule has 0 saturated carbocycles. The highest BCUT2D eigenvalue weighted by Gasteiger charge is 2.13. The maximum absolute atomic E-state index is 12.3. The Morgan fingerprint density at radius 3 is 2.46 bits per heavy atom. The van der Waals surface area contributed by atoms with Crippen molar-refractivity contribution in [3.05, 3.63) is 64.9 Å². The Bertz CT molecular complexity index is 893. The van der Waals surface area contributed by atoms with Crippen LogP contribution in [0.15, 0.2) is 48.1 Å². The maximum Gasteiger partial charge on any atom is 0.271 e. The van der Waals surface area contributed by atoms with E-state index in [0.717, 1.165) is 5.56 Å². The SMILES string of the molecule is CCNC(=O)c1ccc(CNC(=O)c2csc(-c3ncccn3)n2)cc1. The summed E-state index contributed by atoms with van der Waals surface area (Å²) in [7, 11) is 0. The predicted octanol–water partition coefficient (Wildman–Crippen LogP) is 2.28. The van der Waals surface area contributed by atoms with Crippen LogP contribution in [-0.2, 0) is 6.54 Å². The largest absolute Gasteiger partial charge is 0.352 e. The Labute approximate surface area is 154 Å². The van der Waals surface area contributed by atoms with E-state index in [0.29, 0.717) is 35.2 Å². The van der Waals surface area contributed by atoms with Gasteiger partial charge in [-0.3, -0.25) is 9.59 Å². The van der Waals surface area contributed by atoms with Gasteiger partial charge in [-0.15, -0.1) is 11.3 Å². The molecule has 8 heteroatoms. The first-order valence-electron chi connectivity index (χ1n) is 8.05. The van der Waals surface area contributed by atoms with E-state index in [-0.39, 0.29) is 11.8 Å². The number of nitrogens with one attached hydrogen (secondary N) is 2. The highest BCUT2D eigenvalue weighted by Crippen LogP contribution is 2.19. The summed E-state index contributed by atoms with van der Waals surface area (Å²) in [4.78, 5) is 36.5. The minimum absolute atomic E-state index is 0.110. The fourth-order valence-electron chi connectivity index (χ4n) is 2.20. The van der Waals surface area contributed by atoms with Crippen molar-refractivity contribution in [3.8, 4) is 10.8 Å². The molecule has 26 heavy (non-hydrogen) atoms. The van der Waals surface area contributed by atoms with E-state index in [2.05, 4.69) is 25.6 Å². The van der Waals surface area contributed by atoms with Gasteiger partial charge < -0.3 is 10.6 Å². The van der Waals surface area contributed by atoms with E-state index in [1.807, 2.05) is 19.1 Å². The second-order valence-electron chi connectivity index (χ2n) is 5.35. The molecule has 0 aliphatic carbocycles. The molecule has 2 heterocycles. The first-order chi connectivity index (χ1) is 12.7. The van der Waals surface area contributed by atoms with Crippen molar-refractivity contribution in [3.63, 3.8) is 0 Å². The fourth-order valence-corrected chi connectivity index (χ4v) is 2.94. The van der Waals surface area contributed by atoms with Crippen molar-refractivity contribution in [1.82, 2.24) is 25.6 Å². The highest BCUT2D eigenvalue weighted by atomic mass is 32.1. The van der Waals surface area contributed by atoms with E-state index in [4.69, 9.17) is 0 Å². The van der Waals surface area contributed by atoms with E-state index in [1.54, 1.807) is 36.0 Å². The molecule has 0 bridgehead atoms. The molecule has 0 aliphatic rings. The fraction of sp³-hybridized carbons (Fsp3) is 0.167. The molecule has 0 unspecified atom stereocenters. The van der Waals surface area contributed by atoms with Crippen LogP contribution < -0.4 is 10.6 Å². The van der Waals surface area contributed by atoms with Crippen LogP contribution in [0.3, 0.4) is 0 Å². The second-order valence-corrected chi connectivity index (χ2v) is 6.21. The summed E-state index contributed by atoms with van der Waals surface area (Å²) in [6.07, 6.45) is 3.27. The van der Waals surface area contributed by atoms with Crippen molar-refractivity contribution in [2.24, 2.45) is 0 Å². The molecule has 2 aromatic heterocycles. The Morgan fingerprint density at radius 1 is 1.04 bits per heavy atom. The maximum atomic E-state index is 12.3. The Morgan fingerprint density at radius 2 is 1.77 bits per heavy atom. The Kier molecular flexibility index (Phi) is 5.65. The van der Waals surface area contributed by atoms with Crippen molar-refractivity contribution < 1.29 is 9.59 Å². The van der Waals surface area contributed by atoms with Crippen LogP contribution in [0, 0.1) is 0 Å². The van der Waals surface area contributed by atoms with Gasteiger partial charge in [-0.1, -0.05) is 12.1 Å². The van der Waals surface area contributed by atoms with Crippen LogP contribution in [-0.4, -0.2) is 33.3 Å². The molecule has 7 nitrogen and oxygen atoms in total. The molecule has 3 aromatic rings. The van der Waals surface area contributed by atoms with Crippen molar-refractivity contribution >= 4 is 23.2 Å². The third-order valence-corrected chi connectivity index (χ3v) is 4.34. The van der Waals surface area contributed by atoms with Gasteiger partial charge in [0.05, 0.1) is 0 Å². The molecule has 0 aliphatic heterocycles. The summed E-state index contributed by atoms with van der Waals surface area (Å²) >= 11 is 1.32. The number of nitrogens with zero attached hydrogens (tertiary/aromatic N) is 3. The molecular weight excluding hydrogens is 350 g/mol. The van der Waals surface area contributed by atoms with E-state index in [1.165, 1.54) is 11.3 Å². The van der Waals surface area contributed by atoms with Gasteiger partial charge in [0.25, 0.3) is 11.8 Å². The lowest BCUT2D eigenvalue weighted by Gasteiger charge is -2.05. The average molecular weight is 367 g/mol. The molecule has 2 amide bonds. The van der Waals surface area contributed by atoms with Gasteiger partial charge in [0.15, 0.2) is 10.8 Å².